The van der Waals surface area contributed by atoms with Crippen LogP contribution in [-0.2, 0) is 21.8 Å². The number of fused-ring (bicyclic) bond motifs is 2. The van der Waals surface area contributed by atoms with Crippen molar-refractivity contribution in [3.8, 4) is 33.9 Å². The van der Waals surface area contributed by atoms with Gasteiger partial charge in [0.15, 0.2) is 0 Å². The molecule has 10 heterocycles. The zero-order valence-electron chi connectivity index (χ0n) is 46.3. The fraction of sp³-hybridized carbons (Fsp3) is 0.200. The van der Waals surface area contributed by atoms with Crippen molar-refractivity contribution >= 4 is 91.4 Å². The average molecular weight is 1330 g/mol. The number of halogens is 11. The SMILES string of the molecule is Cc1c(-c2ccccn2)nc2cc(F)cc(F)c2c1Nc1cc(N2CCOCC2)ncc1-c1cncc(C(F)(F)F)c1.Cc1c(-c2ccccn2)nc2cc(F)cc(F)c2c1Nc1cc(N2CCOCC2)ncc1I.OB(O)c1cncc(C(F)(F)F)c1. The summed E-state index contributed by atoms with van der Waals surface area (Å²) in [5.41, 5.74) is 3.71. The Hall–Kier alpha value is -8.71. The highest BCUT2D eigenvalue weighted by Gasteiger charge is 2.33. The predicted molar refractivity (Wildman–Crippen MR) is 320 cm³/mol. The van der Waals surface area contributed by atoms with Gasteiger partial charge in [-0.1, -0.05) is 12.1 Å². The van der Waals surface area contributed by atoms with Gasteiger partial charge in [0.2, 0.25) is 0 Å². The van der Waals surface area contributed by atoms with Crippen LogP contribution in [0.3, 0.4) is 0 Å². The first-order chi connectivity index (χ1) is 42.1. The molecule has 4 N–H and O–H groups in total. The van der Waals surface area contributed by atoms with E-state index < -0.39 is 53.9 Å². The van der Waals surface area contributed by atoms with Crippen molar-refractivity contribution in [3.63, 3.8) is 0 Å². The molecule has 8 aromatic heterocycles. The van der Waals surface area contributed by atoms with Crippen LogP contribution in [0, 0.1) is 40.7 Å². The Bertz CT molecular complexity index is 4150. The molecule has 2 aliphatic rings. The van der Waals surface area contributed by atoms with Crippen molar-refractivity contribution in [1.82, 2.24) is 39.9 Å². The lowest BCUT2D eigenvalue weighted by Gasteiger charge is -2.28. The maximum absolute atomic E-state index is 15.4. The molecule has 0 amide bonds. The molecule has 0 aliphatic carbocycles. The summed E-state index contributed by atoms with van der Waals surface area (Å²) in [4.78, 5) is 38.1. The first kappa shape index (κ1) is 62.4. The van der Waals surface area contributed by atoms with E-state index in [2.05, 4.69) is 78.0 Å². The number of aromatic nitrogens is 8. The van der Waals surface area contributed by atoms with Crippen LogP contribution in [0.2, 0.25) is 0 Å². The lowest BCUT2D eigenvalue weighted by molar-refractivity contribution is -0.138. The van der Waals surface area contributed by atoms with Crippen molar-refractivity contribution < 1.29 is 63.4 Å². The molecule has 2 aromatic carbocycles. The van der Waals surface area contributed by atoms with E-state index in [-0.39, 0.29) is 38.5 Å². The normalized spacial score (nSPS) is 13.6. The Morgan fingerprint density at radius 3 is 1.49 bits per heavy atom. The first-order valence-corrected chi connectivity index (χ1v) is 27.9. The summed E-state index contributed by atoms with van der Waals surface area (Å²) in [5.74, 6) is -1.63. The molecule has 0 bridgehead atoms. The number of hydrogen-bond acceptors (Lipinski definition) is 16. The van der Waals surface area contributed by atoms with E-state index in [1.165, 1.54) is 18.5 Å². The monoisotopic (exact) mass is 1330 g/mol. The first-order valence-electron chi connectivity index (χ1n) is 26.8. The molecule has 88 heavy (non-hydrogen) atoms. The topological polar surface area (TPSA) is 193 Å². The second-order valence-corrected chi connectivity index (χ2v) is 21.0. The number of alkyl halides is 6. The van der Waals surface area contributed by atoms with Gasteiger partial charge in [0, 0.05) is 140 Å². The van der Waals surface area contributed by atoms with E-state index >= 15 is 8.78 Å². The maximum Gasteiger partial charge on any atom is 0.490 e. The molecule has 2 fully saturated rings. The molecule has 2 aliphatic heterocycles. The number of nitrogens with one attached hydrogen (secondary N) is 2. The largest absolute Gasteiger partial charge is 0.490 e. The zero-order chi connectivity index (χ0) is 62.4. The quantitative estimate of drug-likeness (QED) is 0.0573. The number of anilines is 6. The highest BCUT2D eigenvalue weighted by molar-refractivity contribution is 14.1. The molecule has 2 saturated heterocycles. The summed E-state index contributed by atoms with van der Waals surface area (Å²) in [5, 5.41) is 24.0. The fourth-order valence-electron chi connectivity index (χ4n) is 9.63. The molecule has 28 heteroatoms. The molecular formula is C60H48BF10IN12O4. The Labute approximate surface area is 509 Å². The minimum atomic E-state index is -4.61. The van der Waals surface area contributed by atoms with Crippen LogP contribution in [0.25, 0.3) is 55.7 Å². The van der Waals surface area contributed by atoms with Crippen LogP contribution in [0.5, 0.6) is 0 Å². The molecule has 0 atom stereocenters. The summed E-state index contributed by atoms with van der Waals surface area (Å²) >= 11 is 2.19. The van der Waals surface area contributed by atoms with E-state index in [0.717, 1.165) is 64.8 Å². The van der Waals surface area contributed by atoms with E-state index in [0.29, 0.717) is 108 Å². The Kier molecular flexibility index (Phi) is 18.9. The lowest BCUT2D eigenvalue weighted by Crippen LogP contribution is -2.36. The number of ether oxygens (including phenoxy) is 2. The summed E-state index contributed by atoms with van der Waals surface area (Å²) < 4.78 is 147. The number of benzene rings is 2. The Balaban J connectivity index is 0.000000165. The zero-order valence-corrected chi connectivity index (χ0v) is 48.4. The molecular weight excluding hydrogens is 1280 g/mol. The third-order valence-electron chi connectivity index (χ3n) is 14.0. The van der Waals surface area contributed by atoms with Crippen LogP contribution < -0.4 is 25.9 Å². The van der Waals surface area contributed by atoms with Crippen molar-refractivity contribution in [3.05, 3.63) is 184 Å². The van der Waals surface area contributed by atoms with Crippen LogP contribution in [0.1, 0.15) is 22.3 Å². The molecule has 10 aromatic rings. The second-order valence-electron chi connectivity index (χ2n) is 19.8. The Morgan fingerprint density at radius 2 is 1.01 bits per heavy atom. The van der Waals surface area contributed by atoms with Crippen LogP contribution in [-0.4, -0.2) is 110 Å². The molecule has 452 valence electrons. The van der Waals surface area contributed by atoms with Gasteiger partial charge >= 0.3 is 19.5 Å². The van der Waals surface area contributed by atoms with Gasteiger partial charge in [-0.2, -0.15) is 26.3 Å². The smallest absolute Gasteiger partial charge is 0.423 e. The minimum Gasteiger partial charge on any atom is -0.423 e. The summed E-state index contributed by atoms with van der Waals surface area (Å²) in [6.07, 6.45) is 0.982. The van der Waals surface area contributed by atoms with Gasteiger partial charge in [-0.05, 0) is 72.8 Å². The summed E-state index contributed by atoms with van der Waals surface area (Å²) in [6.45, 7) is 8.48. The van der Waals surface area contributed by atoms with Gasteiger partial charge in [-0.3, -0.25) is 19.9 Å². The lowest BCUT2D eigenvalue weighted by atomic mass is 9.81. The number of pyridine rings is 8. The van der Waals surface area contributed by atoms with Crippen molar-refractivity contribution in [2.45, 2.75) is 26.2 Å². The van der Waals surface area contributed by atoms with E-state index in [1.807, 2.05) is 36.1 Å². The van der Waals surface area contributed by atoms with Crippen molar-refractivity contribution in [2.24, 2.45) is 0 Å². The summed E-state index contributed by atoms with van der Waals surface area (Å²) in [7, 11) is -1.94. The Morgan fingerprint density at radius 1 is 0.545 bits per heavy atom. The molecule has 12 rings (SSSR count). The highest BCUT2D eigenvalue weighted by atomic mass is 127. The standard InChI is InChI=1S/C30H23F5N6O.C24H20F2IN5O.C6H5BF3NO2/c1-17-28(23-4-2-3-5-37-23)40-25-12-20(31)11-22(32)27(25)29(17)39-24-13-26(41-6-8-42-9-7-41)38-16-21(24)18-10-19(15-36-14-18)30(33,34)35;1-14-23(18-4-2-3-5-28-18)31-20-11-15(25)10-16(26)22(20)24(14)30-19-12-21(29-13-17(19)27)32-6-8-33-9-7-32;8-6(9,10)4-1-5(7(12)13)3-11-2-4/h2-5,10-16H,6-9H2,1H3,(H,38,39,40);2-5,10-13H,6-9H2,1H3,(H,29,30,31);1-3,12-13H. The minimum absolute atomic E-state index is 0.0198. The predicted octanol–water partition coefficient (Wildman–Crippen LogP) is 12.2. The van der Waals surface area contributed by atoms with Crippen molar-refractivity contribution in [2.75, 3.05) is 73.0 Å². The van der Waals surface area contributed by atoms with Gasteiger partial charge < -0.3 is 40.0 Å². The second kappa shape index (κ2) is 26.7. The number of nitrogens with zero attached hydrogens (tertiary/aromatic N) is 10. The van der Waals surface area contributed by atoms with Gasteiger partial charge in [0.1, 0.15) is 34.9 Å². The van der Waals surface area contributed by atoms with Gasteiger partial charge in [0.05, 0.1) is 108 Å². The van der Waals surface area contributed by atoms with Crippen LogP contribution >= 0.6 is 22.6 Å². The van der Waals surface area contributed by atoms with Crippen LogP contribution in [0.4, 0.5) is 78.3 Å². The van der Waals surface area contributed by atoms with Crippen LogP contribution in [0.15, 0.2) is 135 Å². The average Bonchev–Trinajstić information content (AvgIpc) is 1.37. The molecule has 16 nitrogen and oxygen atoms in total. The van der Waals surface area contributed by atoms with E-state index in [4.69, 9.17) is 19.5 Å². The molecule has 0 radical (unpaired) electrons. The van der Waals surface area contributed by atoms with Gasteiger partial charge in [-0.15, -0.1) is 0 Å². The van der Waals surface area contributed by atoms with Crippen molar-refractivity contribution in [1.29, 1.82) is 0 Å². The van der Waals surface area contributed by atoms with Gasteiger partial charge in [-0.25, -0.2) is 37.5 Å². The highest BCUT2D eigenvalue weighted by Crippen LogP contribution is 2.42. The maximum atomic E-state index is 15.4. The molecule has 0 saturated carbocycles. The number of morpholine rings is 2. The molecule has 0 unspecified atom stereocenters. The fourth-order valence-corrected chi connectivity index (χ4v) is 10.1. The van der Waals surface area contributed by atoms with E-state index in [9.17, 15) is 35.1 Å². The number of rotatable bonds is 10. The van der Waals surface area contributed by atoms with Gasteiger partial charge in [0.25, 0.3) is 0 Å². The third-order valence-corrected chi connectivity index (χ3v) is 14.8. The molecule has 0 spiro atoms. The van der Waals surface area contributed by atoms with E-state index in [1.54, 1.807) is 49.8 Å². The third kappa shape index (κ3) is 14.3. The summed E-state index contributed by atoms with van der Waals surface area (Å²) in [6, 6.07) is 20.0. The number of hydrogen-bond donors (Lipinski definition) is 4.